The zero-order chi connectivity index (χ0) is 19.6. The Labute approximate surface area is 163 Å². The maximum Gasteiger partial charge on any atom is 0.223 e. The van der Waals surface area contributed by atoms with Crippen molar-refractivity contribution in [3.63, 3.8) is 0 Å². The first-order valence-corrected chi connectivity index (χ1v) is 10.2. The Morgan fingerprint density at radius 2 is 1.56 bits per heavy atom. The molecule has 0 saturated heterocycles. The van der Waals surface area contributed by atoms with Crippen LogP contribution in [0.2, 0.25) is 0 Å². The summed E-state index contributed by atoms with van der Waals surface area (Å²) in [5, 5.41) is 6.09. The van der Waals surface area contributed by atoms with Gasteiger partial charge in [-0.05, 0) is 56.1 Å². The van der Waals surface area contributed by atoms with Crippen molar-refractivity contribution in [3.8, 4) is 5.75 Å². The summed E-state index contributed by atoms with van der Waals surface area (Å²) >= 11 is 0. The fourth-order valence-electron chi connectivity index (χ4n) is 3.62. The minimum atomic E-state index is 0.0300. The number of benzene rings is 1. The summed E-state index contributed by atoms with van der Waals surface area (Å²) < 4.78 is 5.34. The number of rotatable bonds is 9. The van der Waals surface area contributed by atoms with Crippen LogP contribution >= 0.6 is 0 Å². The molecule has 5 nitrogen and oxygen atoms in total. The number of methoxy groups -OCH3 is 1. The van der Waals surface area contributed by atoms with E-state index < -0.39 is 0 Å². The fraction of sp³-hybridized carbons (Fsp3) is 0.636. The zero-order valence-corrected chi connectivity index (χ0v) is 16.9. The molecule has 1 aromatic carbocycles. The van der Waals surface area contributed by atoms with Crippen molar-refractivity contribution in [2.45, 2.75) is 52.4 Å². The molecule has 2 N–H and O–H groups in total. The molecule has 1 saturated carbocycles. The molecule has 0 bridgehead atoms. The molecular formula is C22H34N2O3. The maximum absolute atomic E-state index is 12.4. The second-order valence-electron chi connectivity index (χ2n) is 7.87. The van der Waals surface area contributed by atoms with Gasteiger partial charge in [0.05, 0.1) is 7.11 Å². The van der Waals surface area contributed by atoms with Gasteiger partial charge in [0.1, 0.15) is 5.75 Å². The van der Waals surface area contributed by atoms with Gasteiger partial charge in [0.25, 0.3) is 0 Å². The first kappa shape index (κ1) is 21.3. The monoisotopic (exact) mass is 374 g/mol. The number of carbonyl (C=O) groups excluding carboxylic acids is 2. The minimum Gasteiger partial charge on any atom is -0.496 e. The molecule has 0 aliphatic heterocycles. The summed E-state index contributed by atoms with van der Waals surface area (Å²) in [6.07, 6.45) is 4.96. The van der Waals surface area contributed by atoms with Crippen molar-refractivity contribution < 1.29 is 14.3 Å². The Hall–Kier alpha value is -2.04. The molecule has 5 heteroatoms. The van der Waals surface area contributed by atoms with Crippen LogP contribution in [-0.2, 0) is 16.0 Å². The summed E-state index contributed by atoms with van der Waals surface area (Å²) in [6, 6.07) is 7.88. The van der Waals surface area contributed by atoms with Crippen molar-refractivity contribution in [1.29, 1.82) is 0 Å². The van der Waals surface area contributed by atoms with Gasteiger partial charge in [-0.25, -0.2) is 0 Å². The molecule has 0 unspecified atom stereocenters. The largest absolute Gasteiger partial charge is 0.496 e. The summed E-state index contributed by atoms with van der Waals surface area (Å²) in [5.74, 6) is 1.82. The molecule has 0 aromatic heterocycles. The van der Waals surface area contributed by atoms with Gasteiger partial charge >= 0.3 is 0 Å². The molecule has 1 aromatic rings. The molecule has 2 rings (SSSR count). The van der Waals surface area contributed by atoms with E-state index >= 15 is 0 Å². The first-order valence-electron chi connectivity index (χ1n) is 10.2. The Morgan fingerprint density at radius 3 is 2.11 bits per heavy atom. The minimum absolute atomic E-state index is 0.0300. The van der Waals surface area contributed by atoms with E-state index in [4.69, 9.17) is 4.74 Å². The van der Waals surface area contributed by atoms with E-state index in [0.29, 0.717) is 12.5 Å². The summed E-state index contributed by atoms with van der Waals surface area (Å²) in [7, 11) is 1.66. The van der Waals surface area contributed by atoms with E-state index in [0.717, 1.165) is 56.4 Å². The Kier molecular flexibility index (Phi) is 8.62. The van der Waals surface area contributed by atoms with Gasteiger partial charge in [0.15, 0.2) is 0 Å². The number of para-hydroxylation sites is 1. The summed E-state index contributed by atoms with van der Waals surface area (Å²) in [6.45, 7) is 5.67. The highest BCUT2D eigenvalue weighted by Crippen LogP contribution is 2.29. The lowest BCUT2D eigenvalue weighted by Gasteiger charge is -2.27. The number of hydrogen-bond acceptors (Lipinski definition) is 3. The van der Waals surface area contributed by atoms with Crippen LogP contribution in [0, 0.1) is 17.8 Å². The lowest BCUT2D eigenvalue weighted by molar-refractivity contribution is -0.130. The van der Waals surface area contributed by atoms with Gasteiger partial charge in [0, 0.05) is 24.9 Å². The number of amides is 2. The van der Waals surface area contributed by atoms with Gasteiger partial charge < -0.3 is 15.4 Å². The van der Waals surface area contributed by atoms with Crippen LogP contribution in [0.3, 0.4) is 0 Å². The third kappa shape index (κ3) is 6.89. The molecule has 1 aliphatic rings. The lowest BCUT2D eigenvalue weighted by Crippen LogP contribution is -2.38. The van der Waals surface area contributed by atoms with E-state index in [1.807, 2.05) is 24.3 Å². The predicted octanol–water partition coefficient (Wildman–Crippen LogP) is 3.32. The van der Waals surface area contributed by atoms with E-state index in [9.17, 15) is 9.59 Å². The molecule has 0 heterocycles. The standard InChI is InChI=1S/C22H34N2O3/c1-16(2)12-14-23-21(25)18-8-10-19(11-9-18)22(26)24-15-13-17-6-4-5-7-20(17)27-3/h4-7,16,18-19H,8-15H2,1-3H3,(H,23,25)(H,24,26). The van der Waals surface area contributed by atoms with Crippen molar-refractivity contribution in [1.82, 2.24) is 10.6 Å². The van der Waals surface area contributed by atoms with Crippen LogP contribution in [-0.4, -0.2) is 32.0 Å². The van der Waals surface area contributed by atoms with Crippen LogP contribution in [0.1, 0.15) is 51.5 Å². The average Bonchev–Trinajstić information content (AvgIpc) is 2.68. The highest BCUT2D eigenvalue weighted by Gasteiger charge is 2.29. The zero-order valence-electron chi connectivity index (χ0n) is 16.9. The lowest BCUT2D eigenvalue weighted by atomic mass is 9.81. The summed E-state index contributed by atoms with van der Waals surface area (Å²) in [5.41, 5.74) is 1.10. The summed E-state index contributed by atoms with van der Waals surface area (Å²) in [4.78, 5) is 24.6. The van der Waals surface area contributed by atoms with Gasteiger partial charge in [-0.15, -0.1) is 0 Å². The highest BCUT2D eigenvalue weighted by atomic mass is 16.5. The SMILES string of the molecule is COc1ccccc1CCNC(=O)C1CCC(C(=O)NCCC(C)C)CC1. The molecule has 0 spiro atoms. The number of hydrogen-bond donors (Lipinski definition) is 2. The Balaban J connectivity index is 1.68. The Morgan fingerprint density at radius 1 is 1.00 bits per heavy atom. The molecule has 27 heavy (non-hydrogen) atoms. The number of nitrogens with one attached hydrogen (secondary N) is 2. The molecule has 1 fully saturated rings. The molecule has 1 aliphatic carbocycles. The molecule has 0 atom stereocenters. The van der Waals surface area contributed by atoms with Crippen LogP contribution in [0.15, 0.2) is 24.3 Å². The normalized spacial score (nSPS) is 19.6. The third-order valence-electron chi connectivity index (χ3n) is 5.38. The van der Waals surface area contributed by atoms with Crippen molar-refractivity contribution in [3.05, 3.63) is 29.8 Å². The van der Waals surface area contributed by atoms with Crippen LogP contribution < -0.4 is 15.4 Å². The molecule has 150 valence electrons. The van der Waals surface area contributed by atoms with Crippen molar-refractivity contribution in [2.75, 3.05) is 20.2 Å². The molecule has 2 amide bonds. The quantitative estimate of drug-likeness (QED) is 0.697. The van der Waals surface area contributed by atoms with Gasteiger partial charge in [-0.1, -0.05) is 32.0 Å². The van der Waals surface area contributed by atoms with Crippen LogP contribution in [0.4, 0.5) is 0 Å². The second-order valence-corrected chi connectivity index (χ2v) is 7.87. The maximum atomic E-state index is 12.4. The third-order valence-corrected chi connectivity index (χ3v) is 5.38. The molecule has 0 radical (unpaired) electrons. The van der Waals surface area contributed by atoms with Crippen LogP contribution in [0.5, 0.6) is 5.75 Å². The topological polar surface area (TPSA) is 67.4 Å². The Bertz CT molecular complexity index is 607. The molecular weight excluding hydrogens is 340 g/mol. The van der Waals surface area contributed by atoms with Gasteiger partial charge in [0.2, 0.25) is 11.8 Å². The number of ether oxygens (including phenoxy) is 1. The fourth-order valence-corrected chi connectivity index (χ4v) is 3.62. The van der Waals surface area contributed by atoms with Gasteiger partial charge in [-0.3, -0.25) is 9.59 Å². The van der Waals surface area contributed by atoms with E-state index in [2.05, 4.69) is 24.5 Å². The smallest absolute Gasteiger partial charge is 0.223 e. The van der Waals surface area contributed by atoms with E-state index in [1.54, 1.807) is 7.11 Å². The highest BCUT2D eigenvalue weighted by molar-refractivity contribution is 5.81. The van der Waals surface area contributed by atoms with Crippen LogP contribution in [0.25, 0.3) is 0 Å². The average molecular weight is 375 g/mol. The van der Waals surface area contributed by atoms with Crippen molar-refractivity contribution in [2.24, 2.45) is 17.8 Å². The van der Waals surface area contributed by atoms with E-state index in [-0.39, 0.29) is 23.7 Å². The van der Waals surface area contributed by atoms with Gasteiger partial charge in [-0.2, -0.15) is 0 Å². The first-order chi connectivity index (χ1) is 13.0. The predicted molar refractivity (Wildman–Crippen MR) is 108 cm³/mol. The van der Waals surface area contributed by atoms with E-state index in [1.165, 1.54) is 0 Å². The van der Waals surface area contributed by atoms with Crippen molar-refractivity contribution >= 4 is 11.8 Å². The number of carbonyl (C=O) groups is 2. The second kappa shape index (κ2) is 11.0.